The number of rotatable bonds is 10. The van der Waals surface area contributed by atoms with Crippen molar-refractivity contribution in [3.05, 3.63) is 42.0 Å². The first kappa shape index (κ1) is 21.7. The van der Waals surface area contributed by atoms with E-state index in [2.05, 4.69) is 0 Å². The van der Waals surface area contributed by atoms with E-state index in [1.807, 2.05) is 36.4 Å². The van der Waals surface area contributed by atoms with Gasteiger partial charge in [-0.3, -0.25) is 4.79 Å². The van der Waals surface area contributed by atoms with E-state index in [0.717, 1.165) is 18.4 Å². The summed E-state index contributed by atoms with van der Waals surface area (Å²) in [7, 11) is 0. The molecule has 3 N–H and O–H groups in total. The first-order valence-corrected chi connectivity index (χ1v) is 9.92. The average Bonchev–Trinajstić information content (AvgIpc) is 2.89. The topological polar surface area (TPSA) is 87.0 Å². The van der Waals surface area contributed by atoms with Crippen LogP contribution in [-0.2, 0) is 4.79 Å². The molecule has 1 aliphatic rings. The first-order valence-electron chi connectivity index (χ1n) is 9.48. The lowest BCUT2D eigenvalue weighted by Crippen LogP contribution is -2.27. The van der Waals surface area contributed by atoms with Crippen molar-refractivity contribution in [1.82, 2.24) is 0 Å². The van der Waals surface area contributed by atoms with Gasteiger partial charge in [-0.15, -0.1) is 11.6 Å². The molecule has 0 aliphatic heterocycles. The fourth-order valence-electron chi connectivity index (χ4n) is 3.47. The number of allylic oxidation sites excluding steroid dienone is 2. The minimum atomic E-state index is -0.776. The Labute approximate surface area is 165 Å². The molecule has 0 saturated heterocycles. The molecule has 1 unspecified atom stereocenters. The van der Waals surface area contributed by atoms with E-state index in [-0.39, 0.29) is 23.6 Å². The van der Waals surface area contributed by atoms with Gasteiger partial charge in [0.05, 0.1) is 18.8 Å². The van der Waals surface area contributed by atoms with E-state index in [1.54, 1.807) is 6.92 Å². The molecule has 0 bridgehead atoms. The second kappa shape index (κ2) is 10.7. The summed E-state index contributed by atoms with van der Waals surface area (Å²) in [5, 5.41) is 28.4. The number of benzene rings is 1. The van der Waals surface area contributed by atoms with Crippen molar-refractivity contribution in [2.75, 3.05) is 6.61 Å². The predicted molar refractivity (Wildman–Crippen MR) is 105 cm³/mol. The number of carbonyl (C=O) groups is 1. The number of halogens is 1. The quantitative estimate of drug-likeness (QED) is 0.317. The summed E-state index contributed by atoms with van der Waals surface area (Å²) in [5.41, 5.74) is 0.829. The molecular weight excluding hydrogens is 368 g/mol. The Kier molecular flexibility index (Phi) is 8.61. The molecule has 1 aromatic rings. The molecule has 0 spiro atoms. The third-order valence-corrected chi connectivity index (χ3v) is 5.62. The van der Waals surface area contributed by atoms with Crippen molar-refractivity contribution in [3.63, 3.8) is 0 Å². The molecule has 2 rings (SSSR count). The van der Waals surface area contributed by atoms with E-state index in [0.29, 0.717) is 25.2 Å². The zero-order valence-corrected chi connectivity index (χ0v) is 16.4. The van der Waals surface area contributed by atoms with Crippen molar-refractivity contribution in [1.29, 1.82) is 0 Å². The van der Waals surface area contributed by atoms with Gasteiger partial charge < -0.3 is 20.1 Å². The molecular formula is C21H29ClO5. The van der Waals surface area contributed by atoms with Gasteiger partial charge in [-0.25, -0.2) is 0 Å². The van der Waals surface area contributed by atoms with E-state index in [1.165, 1.54) is 0 Å². The molecule has 150 valence electrons. The van der Waals surface area contributed by atoms with E-state index < -0.39 is 18.2 Å². The third kappa shape index (κ3) is 6.83. The van der Waals surface area contributed by atoms with Gasteiger partial charge in [-0.2, -0.15) is 0 Å². The van der Waals surface area contributed by atoms with E-state index in [9.17, 15) is 15.0 Å². The Balaban J connectivity index is 1.85. The first-order chi connectivity index (χ1) is 12.9. The maximum absolute atomic E-state index is 10.5. The highest BCUT2D eigenvalue weighted by atomic mass is 35.5. The summed E-state index contributed by atoms with van der Waals surface area (Å²) >= 11 is 6.43. The summed E-state index contributed by atoms with van der Waals surface area (Å²) in [5.74, 6) is -0.00356. The molecule has 0 heterocycles. The van der Waals surface area contributed by atoms with Crippen LogP contribution < -0.4 is 4.74 Å². The molecule has 5 nitrogen and oxygen atoms in total. The Morgan fingerprint density at radius 1 is 1.30 bits per heavy atom. The molecule has 6 heteroatoms. The lowest BCUT2D eigenvalue weighted by Gasteiger charge is -2.22. The number of aliphatic hydroxyl groups is 2. The van der Waals surface area contributed by atoms with Crippen molar-refractivity contribution < 1.29 is 24.9 Å². The van der Waals surface area contributed by atoms with Crippen molar-refractivity contribution >= 4 is 17.6 Å². The number of alkyl halides is 1. The molecule has 5 atom stereocenters. The minimum absolute atomic E-state index is 0.0485. The molecule has 0 aromatic heterocycles. The standard InChI is InChI=1S/C21H29ClO5/c1-14(23)15-8-10-16(11-9-15)27-13-18-17(19(22)12-20(18)24)6-4-2-3-5-7-21(25)26/h2,4,8-11,14,17-20,23-24H,3,5-7,12-13H2,1H3,(H,25,26)/b4-2-/t14-,17?,18-,19-,20-/m1/s1. The van der Waals surface area contributed by atoms with Gasteiger partial charge in [0, 0.05) is 17.7 Å². The summed E-state index contributed by atoms with van der Waals surface area (Å²) < 4.78 is 5.86. The highest BCUT2D eigenvalue weighted by Gasteiger charge is 2.41. The fraction of sp³-hybridized carbons (Fsp3) is 0.571. The third-order valence-electron chi connectivity index (χ3n) is 5.12. The number of ether oxygens (including phenoxy) is 1. The van der Waals surface area contributed by atoms with Gasteiger partial charge in [0.15, 0.2) is 0 Å². The second-order valence-electron chi connectivity index (χ2n) is 7.20. The van der Waals surface area contributed by atoms with Gasteiger partial charge in [0.2, 0.25) is 0 Å². The zero-order chi connectivity index (χ0) is 19.8. The van der Waals surface area contributed by atoms with Crippen molar-refractivity contribution in [2.24, 2.45) is 11.8 Å². The Morgan fingerprint density at radius 2 is 2.00 bits per heavy atom. The van der Waals surface area contributed by atoms with Crippen LogP contribution in [0.3, 0.4) is 0 Å². The number of carboxylic acids is 1. The Hall–Kier alpha value is -1.56. The molecule has 27 heavy (non-hydrogen) atoms. The highest BCUT2D eigenvalue weighted by molar-refractivity contribution is 6.21. The van der Waals surface area contributed by atoms with Crippen LogP contribution in [0.5, 0.6) is 5.75 Å². The molecule has 0 amide bonds. The summed E-state index contributed by atoms with van der Waals surface area (Å²) in [6, 6.07) is 7.29. The SMILES string of the molecule is C[C@@H](O)c1ccc(OC[C@@H]2C(C/C=C\CCCC(=O)O)[C@H](Cl)C[C@H]2O)cc1. The normalized spacial score (nSPS) is 26.4. The van der Waals surface area contributed by atoms with Crippen LogP contribution in [0.2, 0.25) is 0 Å². The lowest BCUT2D eigenvalue weighted by molar-refractivity contribution is -0.137. The monoisotopic (exact) mass is 396 g/mol. The molecule has 1 aliphatic carbocycles. The van der Waals surface area contributed by atoms with Crippen LogP contribution in [-0.4, -0.2) is 39.4 Å². The second-order valence-corrected chi connectivity index (χ2v) is 7.76. The maximum atomic E-state index is 10.5. The average molecular weight is 397 g/mol. The smallest absolute Gasteiger partial charge is 0.303 e. The number of carboxylic acid groups (broad SMARTS) is 1. The van der Waals surface area contributed by atoms with Crippen LogP contribution in [0.25, 0.3) is 0 Å². The zero-order valence-electron chi connectivity index (χ0n) is 15.6. The fourth-order valence-corrected chi connectivity index (χ4v) is 3.94. The van der Waals surface area contributed by atoms with Crippen LogP contribution >= 0.6 is 11.6 Å². The van der Waals surface area contributed by atoms with Crippen molar-refractivity contribution in [3.8, 4) is 5.75 Å². The molecule has 0 radical (unpaired) electrons. The molecule has 1 saturated carbocycles. The Bertz CT molecular complexity index is 614. The number of unbranched alkanes of at least 4 members (excludes halogenated alkanes) is 1. The van der Waals surface area contributed by atoms with Crippen LogP contribution in [0.4, 0.5) is 0 Å². The van der Waals surface area contributed by atoms with Crippen LogP contribution in [0.15, 0.2) is 36.4 Å². The minimum Gasteiger partial charge on any atom is -0.493 e. The lowest BCUT2D eigenvalue weighted by atomic mass is 9.92. The van der Waals surface area contributed by atoms with E-state index >= 15 is 0 Å². The van der Waals surface area contributed by atoms with Gasteiger partial charge in [-0.1, -0.05) is 24.3 Å². The summed E-state index contributed by atoms with van der Waals surface area (Å²) in [6.07, 6.45) is 5.84. The number of aliphatic hydroxyl groups excluding tert-OH is 2. The van der Waals surface area contributed by atoms with Gasteiger partial charge >= 0.3 is 5.97 Å². The molecule has 1 fully saturated rings. The highest BCUT2D eigenvalue weighted by Crippen LogP contribution is 2.39. The molecule has 1 aromatic carbocycles. The van der Waals surface area contributed by atoms with Gasteiger partial charge in [-0.05, 0) is 56.2 Å². The van der Waals surface area contributed by atoms with Gasteiger partial charge in [0.25, 0.3) is 0 Å². The Morgan fingerprint density at radius 3 is 2.63 bits per heavy atom. The predicted octanol–water partition coefficient (Wildman–Crippen LogP) is 3.92. The van der Waals surface area contributed by atoms with Crippen molar-refractivity contribution in [2.45, 2.75) is 56.6 Å². The number of hydrogen-bond acceptors (Lipinski definition) is 4. The summed E-state index contributed by atoms with van der Waals surface area (Å²) in [6.45, 7) is 2.10. The number of hydrogen-bond donors (Lipinski definition) is 3. The summed E-state index contributed by atoms with van der Waals surface area (Å²) in [4.78, 5) is 10.5. The largest absolute Gasteiger partial charge is 0.493 e. The van der Waals surface area contributed by atoms with Crippen LogP contribution in [0.1, 0.15) is 50.7 Å². The number of aliphatic carboxylic acids is 1. The van der Waals surface area contributed by atoms with Gasteiger partial charge in [0.1, 0.15) is 5.75 Å². The van der Waals surface area contributed by atoms with Crippen LogP contribution in [0, 0.1) is 11.8 Å². The maximum Gasteiger partial charge on any atom is 0.303 e. The van der Waals surface area contributed by atoms with E-state index in [4.69, 9.17) is 21.4 Å².